The van der Waals surface area contributed by atoms with Gasteiger partial charge in [0.25, 0.3) is 0 Å². The molecule has 0 heterocycles. The van der Waals surface area contributed by atoms with Gasteiger partial charge in [0.2, 0.25) is 0 Å². The smallest absolute Gasteiger partial charge is 0.526 e. The Balaban J connectivity index is 1.32. The highest BCUT2D eigenvalue weighted by atomic mass is 19.2. The SMILES string of the molecule is CCCCOC1CC=C(c2ccc(OBOc3ccc(C4=CCC(OCCCC)CC4)c(F)c3F)c(F)c2F)CC1. The third kappa shape index (κ3) is 8.16. The number of unbranched alkanes of at least 4 members (excludes halogenated alkanes) is 2. The molecule has 2 aromatic carbocycles. The van der Waals surface area contributed by atoms with Gasteiger partial charge < -0.3 is 18.8 Å². The molecule has 2 atom stereocenters. The van der Waals surface area contributed by atoms with Crippen LogP contribution in [0.4, 0.5) is 17.6 Å². The Morgan fingerprint density at radius 3 is 1.46 bits per heavy atom. The minimum absolute atomic E-state index is 0.0962. The van der Waals surface area contributed by atoms with E-state index in [0.717, 1.165) is 49.7 Å². The molecule has 0 aromatic heterocycles. The maximum Gasteiger partial charge on any atom is 0.576 e. The second-order valence-corrected chi connectivity index (χ2v) is 10.6. The predicted molar refractivity (Wildman–Crippen MR) is 154 cm³/mol. The summed E-state index contributed by atoms with van der Waals surface area (Å²) < 4.78 is 81.5. The lowest BCUT2D eigenvalue weighted by Crippen LogP contribution is -2.17. The van der Waals surface area contributed by atoms with Gasteiger partial charge in [0, 0.05) is 24.3 Å². The normalized spacial score (nSPS) is 19.0. The van der Waals surface area contributed by atoms with E-state index in [9.17, 15) is 17.6 Å². The average molecular weight is 574 g/mol. The monoisotopic (exact) mass is 574 g/mol. The standard InChI is InChI=1S/C32H39BF4O4/c1-3-5-19-38-23-11-7-21(8-12-23)25-15-17-27(31(36)29(25)34)40-33-41-28-18-16-26(30(35)32(28)37)22-9-13-24(14-10-22)39-20-6-4-2/h7,9,15-18,23-24,33H,3-6,8,10-14,19-20H2,1-2H3. The number of hydrogen-bond donors (Lipinski definition) is 0. The number of ether oxygens (including phenoxy) is 2. The second-order valence-electron chi connectivity index (χ2n) is 10.6. The van der Waals surface area contributed by atoms with Gasteiger partial charge in [-0.1, -0.05) is 38.8 Å². The lowest BCUT2D eigenvalue weighted by molar-refractivity contribution is 0.0464. The molecular formula is C32H39BF4O4. The highest BCUT2D eigenvalue weighted by molar-refractivity contribution is 6.20. The van der Waals surface area contributed by atoms with Crippen LogP contribution in [-0.2, 0) is 9.47 Å². The first kappa shape index (κ1) is 31.2. The van der Waals surface area contributed by atoms with Gasteiger partial charge in [-0.3, -0.25) is 0 Å². The van der Waals surface area contributed by atoms with Gasteiger partial charge in [-0.15, -0.1) is 0 Å². The van der Waals surface area contributed by atoms with Crippen LogP contribution in [0.5, 0.6) is 11.5 Å². The maximum atomic E-state index is 14.9. The summed E-state index contributed by atoms with van der Waals surface area (Å²) in [5.41, 5.74) is 1.82. The molecule has 0 bridgehead atoms. The first-order valence-corrected chi connectivity index (χ1v) is 14.8. The summed E-state index contributed by atoms with van der Waals surface area (Å²) in [4.78, 5) is 0. The van der Waals surface area contributed by atoms with Gasteiger partial charge in [-0.25, -0.2) is 8.78 Å². The number of halogens is 4. The van der Waals surface area contributed by atoms with Gasteiger partial charge in [-0.2, -0.15) is 8.78 Å². The first-order chi connectivity index (χ1) is 19.9. The quantitative estimate of drug-likeness (QED) is 0.129. The molecule has 0 amide bonds. The van der Waals surface area contributed by atoms with E-state index in [1.807, 2.05) is 12.2 Å². The Morgan fingerprint density at radius 1 is 0.659 bits per heavy atom. The van der Waals surface area contributed by atoms with E-state index in [1.165, 1.54) is 24.3 Å². The molecule has 222 valence electrons. The van der Waals surface area contributed by atoms with E-state index in [2.05, 4.69) is 13.8 Å². The molecule has 0 saturated heterocycles. The van der Waals surface area contributed by atoms with Crippen molar-refractivity contribution in [1.29, 1.82) is 0 Å². The zero-order chi connectivity index (χ0) is 29.2. The fraction of sp³-hybridized carbons (Fsp3) is 0.500. The second kappa shape index (κ2) is 15.5. The van der Waals surface area contributed by atoms with Crippen molar-refractivity contribution >= 4 is 18.8 Å². The molecule has 0 N–H and O–H groups in total. The summed E-state index contributed by atoms with van der Waals surface area (Å²) in [6.45, 7) is 5.61. The van der Waals surface area contributed by atoms with Gasteiger partial charge in [0.05, 0.1) is 12.2 Å². The molecule has 0 spiro atoms. The van der Waals surface area contributed by atoms with Crippen LogP contribution in [0.2, 0.25) is 0 Å². The van der Waals surface area contributed by atoms with Crippen LogP contribution in [0.15, 0.2) is 36.4 Å². The van der Waals surface area contributed by atoms with E-state index in [0.29, 0.717) is 38.9 Å². The fourth-order valence-corrected chi connectivity index (χ4v) is 5.14. The number of rotatable bonds is 14. The Morgan fingerprint density at radius 2 is 1.10 bits per heavy atom. The molecular weight excluding hydrogens is 535 g/mol. The predicted octanol–water partition coefficient (Wildman–Crippen LogP) is 8.47. The molecule has 0 fully saturated rings. The third-order valence-corrected chi connectivity index (χ3v) is 7.64. The van der Waals surface area contributed by atoms with Gasteiger partial charge >= 0.3 is 7.69 Å². The van der Waals surface area contributed by atoms with E-state index in [-0.39, 0.29) is 34.8 Å². The third-order valence-electron chi connectivity index (χ3n) is 7.64. The van der Waals surface area contributed by atoms with Crippen LogP contribution < -0.4 is 9.31 Å². The topological polar surface area (TPSA) is 36.9 Å². The molecule has 0 radical (unpaired) electrons. The van der Waals surface area contributed by atoms with Crippen molar-refractivity contribution in [3.8, 4) is 11.5 Å². The van der Waals surface area contributed by atoms with Crippen LogP contribution in [-0.4, -0.2) is 33.1 Å². The average Bonchev–Trinajstić information content (AvgIpc) is 2.99. The van der Waals surface area contributed by atoms with Crippen LogP contribution in [0.1, 0.15) is 89.2 Å². The number of benzene rings is 2. The highest BCUT2D eigenvalue weighted by Crippen LogP contribution is 2.35. The van der Waals surface area contributed by atoms with Crippen molar-refractivity contribution in [3.05, 3.63) is 70.8 Å². The number of allylic oxidation sites excluding steroid dienone is 2. The van der Waals surface area contributed by atoms with E-state index in [1.54, 1.807) is 0 Å². The Hall–Kier alpha value is -2.78. The Kier molecular flexibility index (Phi) is 11.7. The molecule has 41 heavy (non-hydrogen) atoms. The Labute approximate surface area is 241 Å². The largest absolute Gasteiger partial charge is 0.576 e. The Bertz CT molecular complexity index is 1140. The maximum absolute atomic E-state index is 14.9. The molecule has 2 aromatic rings. The van der Waals surface area contributed by atoms with Gasteiger partial charge in [0.15, 0.2) is 23.3 Å². The van der Waals surface area contributed by atoms with Crippen LogP contribution in [0.25, 0.3) is 11.1 Å². The molecule has 4 rings (SSSR count). The van der Waals surface area contributed by atoms with Crippen molar-refractivity contribution in [3.63, 3.8) is 0 Å². The summed E-state index contributed by atoms with van der Waals surface area (Å²) in [5, 5.41) is 0. The molecule has 9 heteroatoms. The van der Waals surface area contributed by atoms with Crippen LogP contribution >= 0.6 is 0 Å². The van der Waals surface area contributed by atoms with E-state index >= 15 is 0 Å². The molecule has 2 unspecified atom stereocenters. The van der Waals surface area contributed by atoms with Crippen molar-refractivity contribution in [2.75, 3.05) is 13.2 Å². The number of hydrogen-bond acceptors (Lipinski definition) is 4. The van der Waals surface area contributed by atoms with Crippen molar-refractivity contribution in [2.45, 2.75) is 90.3 Å². The molecule has 0 aliphatic heterocycles. The van der Waals surface area contributed by atoms with Crippen LogP contribution in [0.3, 0.4) is 0 Å². The van der Waals surface area contributed by atoms with Crippen molar-refractivity contribution < 1.29 is 36.3 Å². The van der Waals surface area contributed by atoms with E-state index < -0.39 is 31.0 Å². The van der Waals surface area contributed by atoms with Crippen molar-refractivity contribution in [1.82, 2.24) is 0 Å². The van der Waals surface area contributed by atoms with Gasteiger partial charge in [-0.05, 0) is 86.8 Å². The summed E-state index contributed by atoms with van der Waals surface area (Å²) in [5.74, 6) is -5.08. The molecule has 2 aliphatic carbocycles. The minimum atomic E-state index is -1.16. The zero-order valence-electron chi connectivity index (χ0n) is 24.0. The fourth-order valence-electron chi connectivity index (χ4n) is 5.14. The molecule has 0 saturated carbocycles. The summed E-state index contributed by atoms with van der Waals surface area (Å²) in [6, 6.07) is 5.56. The summed E-state index contributed by atoms with van der Waals surface area (Å²) >= 11 is 0. The summed E-state index contributed by atoms with van der Waals surface area (Å²) in [6.07, 6.45) is 12.1. The lowest BCUT2D eigenvalue weighted by Gasteiger charge is -2.23. The molecule has 4 nitrogen and oxygen atoms in total. The first-order valence-electron chi connectivity index (χ1n) is 14.8. The van der Waals surface area contributed by atoms with Gasteiger partial charge in [0.1, 0.15) is 11.5 Å². The zero-order valence-corrected chi connectivity index (χ0v) is 24.0. The minimum Gasteiger partial charge on any atom is -0.526 e. The van der Waals surface area contributed by atoms with Crippen molar-refractivity contribution in [2.24, 2.45) is 0 Å². The highest BCUT2D eigenvalue weighted by Gasteiger charge is 2.24. The lowest BCUT2D eigenvalue weighted by atomic mass is 9.91. The van der Waals surface area contributed by atoms with E-state index in [4.69, 9.17) is 18.8 Å². The molecule has 2 aliphatic rings. The van der Waals surface area contributed by atoms with Crippen LogP contribution in [0, 0.1) is 23.3 Å². The summed E-state index contributed by atoms with van der Waals surface area (Å²) in [7, 11) is -0.621.